The highest BCUT2D eigenvalue weighted by Gasteiger charge is 2.08. The Morgan fingerprint density at radius 1 is 1.58 bits per heavy atom. The predicted octanol–water partition coefficient (Wildman–Crippen LogP) is 2.98. The SMILES string of the molecule is C=CC1=C(/C=C\C)OCC=C1C. The van der Waals surface area contributed by atoms with E-state index >= 15 is 0 Å². The van der Waals surface area contributed by atoms with Crippen LogP contribution in [0, 0.1) is 0 Å². The molecule has 1 nitrogen and oxygen atoms in total. The first kappa shape index (κ1) is 8.85. The monoisotopic (exact) mass is 162 g/mol. The van der Waals surface area contributed by atoms with E-state index in [4.69, 9.17) is 4.74 Å². The zero-order chi connectivity index (χ0) is 8.97. The van der Waals surface area contributed by atoms with Crippen molar-refractivity contribution in [1.29, 1.82) is 0 Å². The molecule has 0 unspecified atom stereocenters. The van der Waals surface area contributed by atoms with Gasteiger partial charge in [0.2, 0.25) is 0 Å². The molecule has 0 spiro atoms. The zero-order valence-electron chi connectivity index (χ0n) is 7.63. The lowest BCUT2D eigenvalue weighted by atomic mass is 10.0. The maximum absolute atomic E-state index is 5.44. The van der Waals surface area contributed by atoms with Crippen molar-refractivity contribution in [2.45, 2.75) is 13.8 Å². The van der Waals surface area contributed by atoms with Gasteiger partial charge in [-0.3, -0.25) is 0 Å². The molecule has 0 fully saturated rings. The first-order chi connectivity index (χ1) is 5.79. The van der Waals surface area contributed by atoms with Crippen LogP contribution >= 0.6 is 0 Å². The summed E-state index contributed by atoms with van der Waals surface area (Å²) in [5, 5.41) is 0. The fourth-order valence-electron chi connectivity index (χ4n) is 1.19. The van der Waals surface area contributed by atoms with Crippen molar-refractivity contribution in [3.05, 3.63) is 47.8 Å². The van der Waals surface area contributed by atoms with Gasteiger partial charge in [-0.1, -0.05) is 18.7 Å². The Hall–Kier alpha value is -1.24. The third kappa shape index (κ3) is 1.67. The summed E-state index contributed by atoms with van der Waals surface area (Å²) in [6.45, 7) is 8.47. The van der Waals surface area contributed by atoms with E-state index in [0.29, 0.717) is 6.61 Å². The van der Waals surface area contributed by atoms with Crippen LogP contribution in [0.3, 0.4) is 0 Å². The van der Waals surface area contributed by atoms with Crippen LogP contribution in [-0.4, -0.2) is 6.61 Å². The summed E-state index contributed by atoms with van der Waals surface area (Å²) >= 11 is 0. The third-order valence-corrected chi connectivity index (χ3v) is 1.84. The lowest BCUT2D eigenvalue weighted by Crippen LogP contribution is -2.02. The van der Waals surface area contributed by atoms with Gasteiger partial charge in [0.25, 0.3) is 0 Å². The number of ether oxygens (including phenoxy) is 1. The van der Waals surface area contributed by atoms with Crippen molar-refractivity contribution in [1.82, 2.24) is 0 Å². The Kier molecular flexibility index (Phi) is 2.92. The predicted molar refractivity (Wildman–Crippen MR) is 51.7 cm³/mol. The molecule has 0 saturated heterocycles. The molecular formula is C11H14O. The normalized spacial score (nSPS) is 17.7. The topological polar surface area (TPSA) is 9.23 Å². The minimum atomic E-state index is 0.669. The molecule has 0 bridgehead atoms. The number of hydrogen-bond donors (Lipinski definition) is 0. The number of rotatable bonds is 2. The lowest BCUT2D eigenvalue weighted by Gasteiger charge is -2.15. The van der Waals surface area contributed by atoms with E-state index in [-0.39, 0.29) is 0 Å². The van der Waals surface area contributed by atoms with Crippen LogP contribution < -0.4 is 0 Å². The van der Waals surface area contributed by atoms with Crippen LogP contribution in [0.1, 0.15) is 13.8 Å². The first-order valence-electron chi connectivity index (χ1n) is 4.09. The largest absolute Gasteiger partial charge is 0.489 e. The van der Waals surface area contributed by atoms with Crippen molar-refractivity contribution in [3.8, 4) is 0 Å². The summed E-state index contributed by atoms with van der Waals surface area (Å²) in [6, 6.07) is 0. The molecule has 0 aromatic heterocycles. The minimum absolute atomic E-state index is 0.669. The average molecular weight is 162 g/mol. The van der Waals surface area contributed by atoms with E-state index in [1.54, 1.807) is 0 Å². The van der Waals surface area contributed by atoms with Gasteiger partial charge in [-0.05, 0) is 31.6 Å². The standard InChI is InChI=1S/C11H14O/c1-4-6-11-10(5-2)9(3)7-8-12-11/h4-7H,2,8H2,1,3H3/b6-4-. The summed E-state index contributed by atoms with van der Waals surface area (Å²) < 4.78 is 5.44. The second-order valence-electron chi connectivity index (χ2n) is 2.68. The summed E-state index contributed by atoms with van der Waals surface area (Å²) in [5.74, 6) is 0.924. The molecule has 1 aliphatic heterocycles. The van der Waals surface area contributed by atoms with E-state index in [1.807, 2.05) is 25.2 Å². The molecule has 0 radical (unpaired) electrons. The number of allylic oxidation sites excluding steroid dienone is 5. The van der Waals surface area contributed by atoms with Crippen LogP contribution in [0.25, 0.3) is 0 Å². The summed E-state index contributed by atoms with van der Waals surface area (Å²) in [6.07, 6.45) is 7.83. The van der Waals surface area contributed by atoms with Crippen LogP contribution in [0.15, 0.2) is 47.8 Å². The quantitative estimate of drug-likeness (QED) is 0.606. The Labute approximate surface area is 73.7 Å². The van der Waals surface area contributed by atoms with Crippen molar-refractivity contribution >= 4 is 0 Å². The molecular weight excluding hydrogens is 148 g/mol. The van der Waals surface area contributed by atoms with Gasteiger partial charge in [0.15, 0.2) is 0 Å². The van der Waals surface area contributed by atoms with Gasteiger partial charge < -0.3 is 4.74 Å². The van der Waals surface area contributed by atoms with E-state index in [9.17, 15) is 0 Å². The van der Waals surface area contributed by atoms with Gasteiger partial charge in [0.1, 0.15) is 12.4 Å². The Bertz CT molecular complexity index is 267. The Morgan fingerprint density at radius 3 is 2.92 bits per heavy atom. The molecule has 0 saturated carbocycles. The zero-order valence-corrected chi connectivity index (χ0v) is 7.63. The Balaban J connectivity index is 3.04. The Morgan fingerprint density at radius 2 is 2.33 bits per heavy atom. The van der Waals surface area contributed by atoms with Crippen LogP contribution in [0.5, 0.6) is 0 Å². The maximum atomic E-state index is 5.44. The van der Waals surface area contributed by atoms with Crippen molar-refractivity contribution in [2.75, 3.05) is 6.61 Å². The second-order valence-corrected chi connectivity index (χ2v) is 2.68. The maximum Gasteiger partial charge on any atom is 0.126 e. The fraction of sp³-hybridized carbons (Fsp3) is 0.273. The molecule has 0 aromatic rings. The molecule has 1 heteroatoms. The molecule has 64 valence electrons. The number of hydrogen-bond acceptors (Lipinski definition) is 1. The smallest absolute Gasteiger partial charge is 0.126 e. The first-order valence-corrected chi connectivity index (χ1v) is 4.09. The van der Waals surface area contributed by atoms with Gasteiger partial charge in [0.05, 0.1) is 0 Å². The lowest BCUT2D eigenvalue weighted by molar-refractivity contribution is 0.253. The molecule has 0 aliphatic carbocycles. The van der Waals surface area contributed by atoms with Crippen molar-refractivity contribution in [2.24, 2.45) is 0 Å². The van der Waals surface area contributed by atoms with E-state index in [2.05, 4.69) is 19.6 Å². The molecule has 0 aromatic carbocycles. The molecule has 1 aliphatic rings. The summed E-state index contributed by atoms with van der Waals surface area (Å²) in [4.78, 5) is 0. The van der Waals surface area contributed by atoms with Gasteiger partial charge >= 0.3 is 0 Å². The third-order valence-electron chi connectivity index (χ3n) is 1.84. The van der Waals surface area contributed by atoms with Crippen molar-refractivity contribution in [3.63, 3.8) is 0 Å². The highest BCUT2D eigenvalue weighted by atomic mass is 16.5. The van der Waals surface area contributed by atoms with E-state index in [0.717, 1.165) is 11.3 Å². The van der Waals surface area contributed by atoms with Gasteiger partial charge in [0, 0.05) is 5.57 Å². The van der Waals surface area contributed by atoms with Gasteiger partial charge in [-0.2, -0.15) is 0 Å². The van der Waals surface area contributed by atoms with Crippen LogP contribution in [0.4, 0.5) is 0 Å². The molecule has 1 heterocycles. The molecule has 0 amide bonds. The fourth-order valence-corrected chi connectivity index (χ4v) is 1.19. The van der Waals surface area contributed by atoms with Gasteiger partial charge in [-0.15, -0.1) is 0 Å². The highest BCUT2D eigenvalue weighted by molar-refractivity contribution is 5.44. The molecule has 0 atom stereocenters. The highest BCUT2D eigenvalue weighted by Crippen LogP contribution is 2.21. The second kappa shape index (κ2) is 3.96. The van der Waals surface area contributed by atoms with Crippen LogP contribution in [0.2, 0.25) is 0 Å². The van der Waals surface area contributed by atoms with Crippen LogP contribution in [-0.2, 0) is 4.74 Å². The molecule has 0 N–H and O–H groups in total. The molecule has 1 rings (SSSR count). The van der Waals surface area contributed by atoms with Crippen molar-refractivity contribution < 1.29 is 4.74 Å². The van der Waals surface area contributed by atoms with E-state index in [1.165, 1.54) is 5.57 Å². The minimum Gasteiger partial charge on any atom is -0.489 e. The molecule has 12 heavy (non-hydrogen) atoms. The summed E-state index contributed by atoms with van der Waals surface area (Å²) in [5.41, 5.74) is 2.34. The summed E-state index contributed by atoms with van der Waals surface area (Å²) in [7, 11) is 0. The van der Waals surface area contributed by atoms with Gasteiger partial charge in [-0.25, -0.2) is 0 Å². The van der Waals surface area contributed by atoms with E-state index < -0.39 is 0 Å². The average Bonchev–Trinajstić information content (AvgIpc) is 2.05.